The molecule has 0 bridgehead atoms. The summed E-state index contributed by atoms with van der Waals surface area (Å²) in [5, 5.41) is 4.47. The molecule has 21 heavy (non-hydrogen) atoms. The number of pyridine rings is 1. The third-order valence-electron chi connectivity index (χ3n) is 2.29. The molecule has 110 valence electrons. The number of nitrogens with two attached hydrogens (primary N) is 1. The van der Waals surface area contributed by atoms with Gasteiger partial charge in [0.25, 0.3) is 0 Å². The number of ether oxygens (including phenoxy) is 1. The van der Waals surface area contributed by atoms with Gasteiger partial charge in [0.15, 0.2) is 5.82 Å². The minimum absolute atomic E-state index is 0.0205. The predicted octanol–water partition coefficient (Wildman–Crippen LogP) is 1.74. The van der Waals surface area contributed by atoms with Crippen molar-refractivity contribution < 1.29 is 9.53 Å². The molecule has 2 N–H and O–H groups in total. The molecule has 0 saturated carbocycles. The van der Waals surface area contributed by atoms with E-state index < -0.39 is 5.91 Å². The summed E-state index contributed by atoms with van der Waals surface area (Å²) in [4.78, 5) is 18.9. The normalized spacial score (nSPS) is 11.2. The molecule has 0 fully saturated rings. The minimum Gasteiger partial charge on any atom is -0.475 e. The zero-order valence-corrected chi connectivity index (χ0v) is 12.3. The van der Waals surface area contributed by atoms with Gasteiger partial charge >= 0.3 is 0 Å². The van der Waals surface area contributed by atoms with Crippen LogP contribution in [0.2, 0.25) is 5.15 Å². The maximum absolute atomic E-state index is 10.7. The van der Waals surface area contributed by atoms with Gasteiger partial charge in [-0.3, -0.25) is 4.79 Å². The molecule has 8 heteroatoms. The molecule has 2 rings (SSSR count). The smallest absolute Gasteiger partial charge is 0.242 e. The standard InChI is InChI=1S/C13H14ClN5O2/c1-8(2)21-12-6-9(5-10(14)17-12)13-16-7-19(18-13)4-3-11(15)20/h3-8H,1-2H3,(H2,15,20)/b4-3-. The first-order valence-corrected chi connectivity index (χ1v) is 6.55. The first-order chi connectivity index (χ1) is 9.94. The zero-order chi connectivity index (χ0) is 15.4. The van der Waals surface area contributed by atoms with Crippen LogP contribution < -0.4 is 10.5 Å². The number of carbonyl (C=O) groups excluding carboxylic acids is 1. The van der Waals surface area contributed by atoms with Crippen molar-refractivity contribution in [3.63, 3.8) is 0 Å². The Balaban J connectivity index is 2.29. The summed E-state index contributed by atoms with van der Waals surface area (Å²) < 4.78 is 6.88. The lowest BCUT2D eigenvalue weighted by atomic mass is 10.2. The van der Waals surface area contributed by atoms with Gasteiger partial charge in [-0.25, -0.2) is 14.6 Å². The summed E-state index contributed by atoms with van der Waals surface area (Å²) in [5.41, 5.74) is 5.68. The fraction of sp³-hybridized carbons (Fsp3) is 0.231. The predicted molar refractivity (Wildman–Crippen MR) is 78.6 cm³/mol. The highest BCUT2D eigenvalue weighted by Gasteiger charge is 2.09. The second-order valence-corrected chi connectivity index (χ2v) is 4.84. The van der Waals surface area contributed by atoms with Gasteiger partial charge in [0, 0.05) is 23.9 Å². The van der Waals surface area contributed by atoms with E-state index in [0.29, 0.717) is 17.3 Å². The van der Waals surface area contributed by atoms with Gasteiger partial charge in [0.05, 0.1) is 6.10 Å². The summed E-state index contributed by atoms with van der Waals surface area (Å²) >= 11 is 5.96. The highest BCUT2D eigenvalue weighted by Crippen LogP contribution is 2.23. The lowest BCUT2D eigenvalue weighted by Crippen LogP contribution is -2.07. The lowest BCUT2D eigenvalue weighted by Gasteiger charge is -2.09. The quantitative estimate of drug-likeness (QED) is 0.670. The summed E-state index contributed by atoms with van der Waals surface area (Å²) in [7, 11) is 0. The summed E-state index contributed by atoms with van der Waals surface area (Å²) in [6.07, 6.45) is 4.03. The SMILES string of the molecule is CC(C)Oc1cc(-c2ncn(/C=C\C(N)=O)n2)cc(Cl)n1. The largest absolute Gasteiger partial charge is 0.475 e. The van der Waals surface area contributed by atoms with Crippen LogP contribution in [0, 0.1) is 0 Å². The van der Waals surface area contributed by atoms with Gasteiger partial charge < -0.3 is 10.5 Å². The van der Waals surface area contributed by atoms with Crippen molar-refractivity contribution in [1.29, 1.82) is 0 Å². The van der Waals surface area contributed by atoms with Crippen LogP contribution in [-0.4, -0.2) is 31.8 Å². The van der Waals surface area contributed by atoms with E-state index in [2.05, 4.69) is 15.1 Å². The van der Waals surface area contributed by atoms with Crippen LogP contribution in [0.3, 0.4) is 0 Å². The number of primary amides is 1. The molecule has 2 aromatic rings. The van der Waals surface area contributed by atoms with Gasteiger partial charge in [-0.15, -0.1) is 5.10 Å². The second-order valence-electron chi connectivity index (χ2n) is 4.45. The van der Waals surface area contributed by atoms with E-state index >= 15 is 0 Å². The molecule has 0 aromatic carbocycles. The number of halogens is 1. The molecule has 0 atom stereocenters. The van der Waals surface area contributed by atoms with Crippen molar-refractivity contribution in [1.82, 2.24) is 19.7 Å². The third-order valence-corrected chi connectivity index (χ3v) is 2.48. The van der Waals surface area contributed by atoms with Crippen LogP contribution in [0.4, 0.5) is 0 Å². The Labute approximate surface area is 126 Å². The summed E-state index contributed by atoms with van der Waals surface area (Å²) in [6.45, 7) is 3.79. The fourth-order valence-corrected chi connectivity index (χ4v) is 1.73. The molecule has 2 heterocycles. The van der Waals surface area contributed by atoms with E-state index in [1.54, 1.807) is 12.1 Å². The van der Waals surface area contributed by atoms with Gasteiger partial charge in [0.1, 0.15) is 11.5 Å². The molecule has 0 spiro atoms. The van der Waals surface area contributed by atoms with Crippen molar-refractivity contribution in [2.75, 3.05) is 0 Å². The van der Waals surface area contributed by atoms with E-state index in [9.17, 15) is 4.79 Å². The highest BCUT2D eigenvalue weighted by molar-refractivity contribution is 6.29. The maximum atomic E-state index is 10.7. The van der Waals surface area contributed by atoms with Crippen molar-refractivity contribution in [2.45, 2.75) is 20.0 Å². The van der Waals surface area contributed by atoms with E-state index in [1.807, 2.05) is 13.8 Å². The number of rotatable bonds is 5. The van der Waals surface area contributed by atoms with E-state index in [1.165, 1.54) is 23.3 Å². The Bertz CT molecular complexity index is 681. The molecule has 7 nitrogen and oxygen atoms in total. The van der Waals surface area contributed by atoms with Crippen molar-refractivity contribution in [3.8, 4) is 17.3 Å². The Hall–Kier alpha value is -2.41. The van der Waals surface area contributed by atoms with Crippen LogP contribution in [0.15, 0.2) is 24.5 Å². The molecular formula is C13H14ClN5O2. The van der Waals surface area contributed by atoms with Gasteiger partial charge in [0.2, 0.25) is 11.8 Å². The molecular weight excluding hydrogens is 294 g/mol. The minimum atomic E-state index is -0.563. The second kappa shape index (κ2) is 6.36. The number of nitrogens with zero attached hydrogens (tertiary/aromatic N) is 4. The Morgan fingerprint density at radius 3 is 2.90 bits per heavy atom. The van der Waals surface area contributed by atoms with Gasteiger partial charge in [-0.05, 0) is 19.9 Å². The average Bonchev–Trinajstić information content (AvgIpc) is 2.83. The van der Waals surface area contributed by atoms with Gasteiger partial charge in [-0.2, -0.15) is 0 Å². The molecule has 2 aromatic heterocycles. The van der Waals surface area contributed by atoms with Crippen LogP contribution >= 0.6 is 11.6 Å². The molecule has 0 unspecified atom stereocenters. The number of aromatic nitrogens is 4. The maximum Gasteiger partial charge on any atom is 0.242 e. The Morgan fingerprint density at radius 1 is 1.48 bits per heavy atom. The van der Waals surface area contributed by atoms with E-state index in [4.69, 9.17) is 22.1 Å². The van der Waals surface area contributed by atoms with E-state index in [-0.39, 0.29) is 11.3 Å². The third kappa shape index (κ3) is 4.28. The number of amides is 1. The van der Waals surface area contributed by atoms with Gasteiger partial charge in [-0.1, -0.05) is 11.6 Å². The number of hydrogen-bond donors (Lipinski definition) is 1. The number of carbonyl (C=O) groups is 1. The fourth-order valence-electron chi connectivity index (χ4n) is 1.53. The van der Waals surface area contributed by atoms with Crippen LogP contribution in [-0.2, 0) is 4.79 Å². The summed E-state index contributed by atoms with van der Waals surface area (Å²) in [5.74, 6) is 0.269. The highest BCUT2D eigenvalue weighted by atomic mass is 35.5. The monoisotopic (exact) mass is 307 g/mol. The first kappa shape index (κ1) is 15.0. The average molecular weight is 308 g/mol. The number of hydrogen-bond acceptors (Lipinski definition) is 5. The van der Waals surface area contributed by atoms with E-state index in [0.717, 1.165) is 0 Å². The topological polar surface area (TPSA) is 95.9 Å². The van der Waals surface area contributed by atoms with Crippen LogP contribution in [0.5, 0.6) is 5.88 Å². The van der Waals surface area contributed by atoms with Crippen molar-refractivity contribution >= 4 is 23.7 Å². The van der Waals surface area contributed by atoms with Crippen molar-refractivity contribution in [2.24, 2.45) is 5.73 Å². The van der Waals surface area contributed by atoms with Crippen molar-refractivity contribution in [3.05, 3.63) is 29.7 Å². The molecule has 0 aliphatic rings. The van der Waals surface area contributed by atoms with Crippen LogP contribution in [0.1, 0.15) is 13.8 Å². The molecule has 1 amide bonds. The molecule has 0 aliphatic carbocycles. The molecule has 0 aliphatic heterocycles. The Kier molecular flexibility index (Phi) is 4.54. The van der Waals surface area contributed by atoms with Crippen LogP contribution in [0.25, 0.3) is 17.6 Å². The first-order valence-electron chi connectivity index (χ1n) is 6.17. The molecule has 0 radical (unpaired) electrons. The molecule has 0 saturated heterocycles. The summed E-state index contributed by atoms with van der Waals surface area (Å²) in [6, 6.07) is 3.33. The Morgan fingerprint density at radius 2 is 2.24 bits per heavy atom. The zero-order valence-electron chi connectivity index (χ0n) is 11.5. The lowest BCUT2D eigenvalue weighted by molar-refractivity contribution is -0.113.